The van der Waals surface area contributed by atoms with Crippen LogP contribution < -0.4 is 0 Å². The molecular weight excluding hydrogens is 478 g/mol. The van der Waals surface area contributed by atoms with E-state index in [9.17, 15) is 9.59 Å². The number of carbonyl (C=O) groups is 2. The molecule has 2 atom stereocenters. The first-order valence-corrected chi connectivity index (χ1v) is 12.6. The number of halogens is 1. The van der Waals surface area contributed by atoms with Crippen LogP contribution in [0, 0.1) is 5.92 Å². The second-order valence-corrected chi connectivity index (χ2v) is 9.95. The molecule has 0 radical (unpaired) electrons. The van der Waals surface area contributed by atoms with Crippen molar-refractivity contribution in [3.8, 4) is 0 Å². The lowest BCUT2D eigenvalue weighted by Gasteiger charge is -2.65. The molecule has 2 unspecified atom stereocenters. The van der Waals surface area contributed by atoms with Gasteiger partial charge in [-0.2, -0.15) is 0 Å². The fourth-order valence-corrected chi connectivity index (χ4v) is 6.38. The second kappa shape index (κ2) is 9.04. The predicted octanol–water partition coefficient (Wildman–Crippen LogP) is 4.91. The van der Waals surface area contributed by atoms with Crippen molar-refractivity contribution >= 4 is 23.5 Å². The van der Waals surface area contributed by atoms with E-state index in [0.29, 0.717) is 18.1 Å². The molecule has 4 heterocycles. The van der Waals surface area contributed by atoms with Gasteiger partial charge in [0, 0.05) is 24.0 Å². The SMILES string of the molecule is O=C1OC2(OCc3ccccc3Cl)C3CCN(CC3)C2(C(c2ccccc2)c2ccccc2)OC1=O. The highest BCUT2D eigenvalue weighted by Crippen LogP contribution is 2.59. The first kappa shape index (κ1) is 23.2. The first-order chi connectivity index (χ1) is 17.5. The molecule has 6 nitrogen and oxygen atoms in total. The molecule has 0 saturated carbocycles. The number of fused-ring (bicyclic) bond motifs is 2. The Hall–Kier alpha value is -3.19. The molecule has 7 heteroatoms. The molecule has 4 aliphatic heterocycles. The molecule has 36 heavy (non-hydrogen) atoms. The van der Waals surface area contributed by atoms with Crippen molar-refractivity contribution in [1.29, 1.82) is 0 Å². The minimum absolute atomic E-state index is 0.104. The van der Waals surface area contributed by atoms with Gasteiger partial charge in [-0.3, -0.25) is 4.90 Å². The summed E-state index contributed by atoms with van der Waals surface area (Å²) in [7, 11) is 0. The van der Waals surface area contributed by atoms with Crippen molar-refractivity contribution in [1.82, 2.24) is 4.90 Å². The summed E-state index contributed by atoms with van der Waals surface area (Å²) in [5.74, 6) is -4.16. The van der Waals surface area contributed by atoms with Gasteiger partial charge in [-0.25, -0.2) is 9.59 Å². The van der Waals surface area contributed by atoms with E-state index in [4.69, 9.17) is 25.8 Å². The topological polar surface area (TPSA) is 65.1 Å². The molecule has 3 aromatic carbocycles. The summed E-state index contributed by atoms with van der Waals surface area (Å²) in [5, 5.41) is 0.558. The van der Waals surface area contributed by atoms with Gasteiger partial charge >= 0.3 is 11.9 Å². The van der Waals surface area contributed by atoms with Crippen LogP contribution in [0.3, 0.4) is 0 Å². The standard InChI is InChI=1S/C29H26ClNO5/c30-24-14-8-7-13-22(24)19-34-29-23-15-17-31(18-16-23)28(29,35-26(32)27(33)36-29)25(20-9-3-1-4-10-20)21-11-5-2-6-12-21/h1-14,23,25H,15-19H2. The zero-order valence-electron chi connectivity index (χ0n) is 19.6. The van der Waals surface area contributed by atoms with Crippen LogP contribution in [0.15, 0.2) is 84.9 Å². The molecule has 7 rings (SSSR count). The van der Waals surface area contributed by atoms with Gasteiger partial charge in [0.05, 0.1) is 12.5 Å². The molecule has 0 N–H and O–H groups in total. The molecule has 0 aliphatic carbocycles. The van der Waals surface area contributed by atoms with Gasteiger partial charge in [0.2, 0.25) is 5.72 Å². The number of rotatable bonds is 6. The van der Waals surface area contributed by atoms with Crippen molar-refractivity contribution < 1.29 is 23.8 Å². The summed E-state index contributed by atoms with van der Waals surface area (Å²) >= 11 is 6.45. The summed E-state index contributed by atoms with van der Waals surface area (Å²) in [6, 6.07) is 27.2. The second-order valence-electron chi connectivity index (χ2n) is 9.54. The third-order valence-electron chi connectivity index (χ3n) is 7.72. The summed E-state index contributed by atoms with van der Waals surface area (Å²) < 4.78 is 19.0. The number of benzene rings is 3. The Kier molecular flexibility index (Phi) is 5.83. The number of ether oxygens (including phenoxy) is 3. The molecule has 0 aromatic heterocycles. The highest BCUT2D eigenvalue weighted by molar-refractivity contribution is 6.31. The van der Waals surface area contributed by atoms with Crippen LogP contribution >= 0.6 is 11.6 Å². The van der Waals surface area contributed by atoms with E-state index in [-0.39, 0.29) is 12.5 Å². The molecular formula is C29H26ClNO5. The van der Waals surface area contributed by atoms with Gasteiger partial charge in [-0.1, -0.05) is 90.5 Å². The van der Waals surface area contributed by atoms with E-state index in [1.54, 1.807) is 6.07 Å². The van der Waals surface area contributed by atoms with Gasteiger partial charge in [-0.15, -0.1) is 0 Å². The average Bonchev–Trinajstić information content (AvgIpc) is 2.92. The van der Waals surface area contributed by atoms with Crippen molar-refractivity contribution in [2.75, 3.05) is 13.1 Å². The maximum atomic E-state index is 13.0. The largest absolute Gasteiger partial charge is 0.427 e. The number of carbonyl (C=O) groups excluding carboxylic acids is 2. The molecule has 4 aliphatic rings. The monoisotopic (exact) mass is 503 g/mol. The van der Waals surface area contributed by atoms with Crippen LogP contribution in [0.2, 0.25) is 5.02 Å². The van der Waals surface area contributed by atoms with E-state index in [1.165, 1.54) is 0 Å². The lowest BCUT2D eigenvalue weighted by molar-refractivity contribution is -0.417. The molecule has 4 fully saturated rings. The molecule has 0 amide bonds. The average molecular weight is 504 g/mol. The fourth-order valence-electron chi connectivity index (χ4n) is 6.19. The number of hydrogen-bond acceptors (Lipinski definition) is 6. The number of esters is 2. The maximum absolute atomic E-state index is 13.0. The third kappa shape index (κ3) is 3.47. The fraction of sp³-hybridized carbons (Fsp3) is 0.310. The van der Waals surface area contributed by atoms with Crippen LogP contribution in [-0.2, 0) is 30.4 Å². The Morgan fingerprint density at radius 2 is 1.39 bits per heavy atom. The minimum Gasteiger partial charge on any atom is -0.427 e. The molecule has 4 saturated heterocycles. The molecule has 184 valence electrons. The Morgan fingerprint density at radius 1 is 0.833 bits per heavy atom. The predicted molar refractivity (Wildman–Crippen MR) is 133 cm³/mol. The van der Waals surface area contributed by atoms with Gasteiger partial charge in [0.1, 0.15) is 0 Å². The van der Waals surface area contributed by atoms with E-state index < -0.39 is 29.4 Å². The van der Waals surface area contributed by atoms with E-state index in [2.05, 4.69) is 4.90 Å². The Bertz CT molecular complexity index is 1240. The highest BCUT2D eigenvalue weighted by atomic mass is 35.5. The molecule has 2 bridgehead atoms. The van der Waals surface area contributed by atoms with Crippen LogP contribution in [0.4, 0.5) is 0 Å². The zero-order chi connectivity index (χ0) is 24.8. The maximum Gasteiger partial charge on any atom is 0.420 e. The Labute approximate surface area is 214 Å². The van der Waals surface area contributed by atoms with Crippen LogP contribution in [0.5, 0.6) is 0 Å². The summed E-state index contributed by atoms with van der Waals surface area (Å²) in [6.07, 6.45) is 1.51. The van der Waals surface area contributed by atoms with Crippen molar-refractivity contribution in [2.45, 2.75) is 36.9 Å². The summed E-state index contributed by atoms with van der Waals surface area (Å²) in [5.41, 5.74) is 1.26. The first-order valence-electron chi connectivity index (χ1n) is 12.2. The van der Waals surface area contributed by atoms with Crippen molar-refractivity contribution in [3.63, 3.8) is 0 Å². The van der Waals surface area contributed by atoms with E-state index >= 15 is 0 Å². The van der Waals surface area contributed by atoms with Crippen LogP contribution in [0.25, 0.3) is 0 Å². The van der Waals surface area contributed by atoms with Crippen LogP contribution in [-0.4, -0.2) is 41.4 Å². The van der Waals surface area contributed by atoms with Gasteiger partial charge in [0.25, 0.3) is 5.79 Å². The number of piperidine rings is 3. The summed E-state index contributed by atoms with van der Waals surface area (Å²) in [6.45, 7) is 1.50. The zero-order valence-corrected chi connectivity index (χ0v) is 20.4. The van der Waals surface area contributed by atoms with Gasteiger partial charge in [0.15, 0.2) is 0 Å². The van der Waals surface area contributed by atoms with Gasteiger partial charge < -0.3 is 14.2 Å². The Balaban J connectivity index is 1.57. The van der Waals surface area contributed by atoms with Crippen molar-refractivity contribution in [3.05, 3.63) is 107 Å². The van der Waals surface area contributed by atoms with Crippen molar-refractivity contribution in [2.24, 2.45) is 5.92 Å². The molecule has 3 aromatic rings. The lowest BCUT2D eigenvalue weighted by atomic mass is 9.66. The minimum atomic E-state index is -1.51. The third-order valence-corrected chi connectivity index (χ3v) is 8.09. The summed E-state index contributed by atoms with van der Waals surface area (Å²) in [4.78, 5) is 27.9. The van der Waals surface area contributed by atoms with Crippen LogP contribution in [0.1, 0.15) is 35.4 Å². The highest BCUT2D eigenvalue weighted by Gasteiger charge is 2.76. The lowest BCUT2D eigenvalue weighted by Crippen LogP contribution is -2.82. The van der Waals surface area contributed by atoms with E-state index in [1.807, 2.05) is 78.9 Å². The smallest absolute Gasteiger partial charge is 0.420 e. The molecule has 0 spiro atoms. The number of nitrogens with zero attached hydrogens (tertiary/aromatic N) is 1. The quantitative estimate of drug-likeness (QED) is 0.352. The Morgan fingerprint density at radius 3 is 2.00 bits per heavy atom. The number of hydrogen-bond donors (Lipinski definition) is 0. The normalized spacial score (nSPS) is 28.9. The van der Waals surface area contributed by atoms with Gasteiger partial charge in [-0.05, 0) is 35.6 Å². The van der Waals surface area contributed by atoms with E-state index in [0.717, 1.165) is 29.5 Å².